The zero-order valence-electron chi connectivity index (χ0n) is 14.3. The second kappa shape index (κ2) is 6.72. The number of carbonyl (C=O) groups excluding carboxylic acids is 2. The molecule has 1 atom stereocenters. The third-order valence-electron chi connectivity index (χ3n) is 4.64. The van der Waals surface area contributed by atoms with Crippen LogP contribution in [0.15, 0.2) is 41.0 Å². The van der Waals surface area contributed by atoms with Crippen LogP contribution in [-0.4, -0.2) is 23.5 Å². The van der Waals surface area contributed by atoms with Crippen LogP contribution in [0.1, 0.15) is 29.7 Å². The number of furan rings is 1. The minimum Gasteiger partial charge on any atom is -0.466 e. The second-order valence-electron chi connectivity index (χ2n) is 6.58. The minimum atomic E-state index is -1.28. The minimum absolute atomic E-state index is 0.0284. The van der Waals surface area contributed by atoms with E-state index in [-0.39, 0.29) is 12.5 Å². The first kappa shape index (κ1) is 17.2. The van der Waals surface area contributed by atoms with E-state index in [2.05, 4.69) is 10.6 Å². The maximum Gasteiger partial charge on any atom is 0.313 e. The molecule has 0 aliphatic heterocycles. The quantitative estimate of drug-likeness (QED) is 0.727. The highest BCUT2D eigenvalue weighted by molar-refractivity contribution is 6.39. The van der Waals surface area contributed by atoms with E-state index in [1.165, 1.54) is 6.26 Å². The maximum absolute atomic E-state index is 12.2. The number of aryl methyl sites for hydroxylation is 2. The van der Waals surface area contributed by atoms with Crippen molar-refractivity contribution in [2.24, 2.45) is 5.92 Å². The fourth-order valence-corrected chi connectivity index (χ4v) is 3.00. The van der Waals surface area contributed by atoms with Crippen LogP contribution in [-0.2, 0) is 15.2 Å². The lowest BCUT2D eigenvalue weighted by Gasteiger charge is -2.26. The van der Waals surface area contributed by atoms with Gasteiger partial charge in [-0.25, -0.2) is 0 Å². The summed E-state index contributed by atoms with van der Waals surface area (Å²) in [5.74, 6) is -1.10. The van der Waals surface area contributed by atoms with E-state index in [1.54, 1.807) is 12.1 Å². The molecular weight excluding hydrogens is 320 g/mol. The fourth-order valence-electron chi connectivity index (χ4n) is 3.00. The number of carbonyl (C=O) groups is 2. The summed E-state index contributed by atoms with van der Waals surface area (Å²) in [6, 6.07) is 8.99. The van der Waals surface area contributed by atoms with Gasteiger partial charge in [0.1, 0.15) is 11.4 Å². The lowest BCUT2D eigenvalue weighted by Crippen LogP contribution is -2.45. The molecule has 3 rings (SSSR count). The zero-order valence-corrected chi connectivity index (χ0v) is 14.3. The Kier molecular flexibility index (Phi) is 4.63. The maximum atomic E-state index is 12.2. The largest absolute Gasteiger partial charge is 0.466 e. The third-order valence-corrected chi connectivity index (χ3v) is 4.64. The van der Waals surface area contributed by atoms with Crippen molar-refractivity contribution in [1.29, 1.82) is 0 Å². The van der Waals surface area contributed by atoms with Crippen molar-refractivity contribution in [2.45, 2.75) is 32.3 Å². The van der Waals surface area contributed by atoms with E-state index >= 15 is 0 Å². The summed E-state index contributed by atoms with van der Waals surface area (Å²) in [6.45, 7) is 3.66. The van der Waals surface area contributed by atoms with Gasteiger partial charge in [0.15, 0.2) is 0 Å². The molecule has 2 aromatic rings. The molecule has 1 unspecified atom stereocenters. The van der Waals surface area contributed by atoms with Crippen molar-refractivity contribution in [2.75, 3.05) is 11.9 Å². The molecule has 6 nitrogen and oxygen atoms in total. The van der Waals surface area contributed by atoms with Gasteiger partial charge < -0.3 is 20.2 Å². The van der Waals surface area contributed by atoms with E-state index in [1.807, 2.05) is 32.0 Å². The first-order valence-corrected chi connectivity index (χ1v) is 8.33. The molecule has 25 heavy (non-hydrogen) atoms. The molecule has 1 fully saturated rings. The van der Waals surface area contributed by atoms with Crippen LogP contribution >= 0.6 is 0 Å². The van der Waals surface area contributed by atoms with Crippen molar-refractivity contribution < 1.29 is 19.1 Å². The van der Waals surface area contributed by atoms with Gasteiger partial charge in [0.05, 0.1) is 12.8 Å². The van der Waals surface area contributed by atoms with Crippen LogP contribution in [0.25, 0.3) is 0 Å². The summed E-state index contributed by atoms with van der Waals surface area (Å²) in [7, 11) is 0. The Labute approximate surface area is 146 Å². The van der Waals surface area contributed by atoms with Crippen LogP contribution in [0.2, 0.25) is 0 Å². The van der Waals surface area contributed by atoms with Crippen molar-refractivity contribution in [3.05, 3.63) is 53.5 Å². The van der Waals surface area contributed by atoms with Gasteiger partial charge >= 0.3 is 11.8 Å². The van der Waals surface area contributed by atoms with E-state index in [9.17, 15) is 14.7 Å². The Bertz CT molecular complexity index is 760. The molecule has 0 spiro atoms. The number of hydrogen-bond donors (Lipinski definition) is 3. The summed E-state index contributed by atoms with van der Waals surface area (Å²) >= 11 is 0. The normalized spacial score (nSPS) is 16.1. The summed E-state index contributed by atoms with van der Waals surface area (Å²) in [5.41, 5.74) is 1.11. The van der Waals surface area contributed by atoms with Crippen LogP contribution in [0.4, 0.5) is 5.69 Å². The lowest BCUT2D eigenvalue weighted by atomic mass is 9.94. The zero-order chi connectivity index (χ0) is 18.0. The average molecular weight is 342 g/mol. The molecule has 1 aromatic heterocycles. The van der Waals surface area contributed by atoms with Crippen LogP contribution in [0.5, 0.6) is 0 Å². The van der Waals surface area contributed by atoms with Crippen molar-refractivity contribution in [1.82, 2.24) is 5.32 Å². The molecule has 3 N–H and O–H groups in total. The standard InChI is InChI=1S/C19H22N2O4/c1-12-5-3-6-13(2)16(12)21-18(23)17(22)20-11-19(24,14-8-9-14)15-7-4-10-25-15/h3-7,10,14,24H,8-9,11H2,1-2H3,(H,20,22)(H,21,23). The molecular formula is C19H22N2O4. The molecule has 1 heterocycles. The second-order valence-corrected chi connectivity index (χ2v) is 6.58. The Morgan fingerprint density at radius 1 is 1.16 bits per heavy atom. The summed E-state index contributed by atoms with van der Waals surface area (Å²) in [5, 5.41) is 16.0. The molecule has 1 aliphatic rings. The highest BCUT2D eigenvalue weighted by Crippen LogP contribution is 2.45. The van der Waals surface area contributed by atoms with Crippen LogP contribution in [0.3, 0.4) is 0 Å². The van der Waals surface area contributed by atoms with E-state index in [4.69, 9.17) is 4.42 Å². The van der Waals surface area contributed by atoms with Gasteiger partial charge in [-0.15, -0.1) is 0 Å². The fraction of sp³-hybridized carbons (Fsp3) is 0.368. The predicted octanol–water partition coefficient (Wildman–Crippen LogP) is 2.25. The highest BCUT2D eigenvalue weighted by atomic mass is 16.4. The monoisotopic (exact) mass is 342 g/mol. The molecule has 132 valence electrons. The summed E-state index contributed by atoms with van der Waals surface area (Å²) < 4.78 is 5.32. The number of benzene rings is 1. The van der Waals surface area contributed by atoms with Crippen molar-refractivity contribution in [3.63, 3.8) is 0 Å². The van der Waals surface area contributed by atoms with Gasteiger partial charge in [0.25, 0.3) is 0 Å². The van der Waals surface area contributed by atoms with E-state index < -0.39 is 17.4 Å². The number of para-hydroxylation sites is 1. The van der Waals surface area contributed by atoms with Gasteiger partial charge in [-0.2, -0.15) is 0 Å². The van der Waals surface area contributed by atoms with Crippen molar-refractivity contribution >= 4 is 17.5 Å². The summed E-state index contributed by atoms with van der Waals surface area (Å²) in [4.78, 5) is 24.3. The van der Waals surface area contributed by atoms with Gasteiger partial charge in [-0.05, 0) is 55.9 Å². The van der Waals surface area contributed by atoms with Gasteiger partial charge in [0.2, 0.25) is 0 Å². The number of aliphatic hydroxyl groups is 1. The topological polar surface area (TPSA) is 91.6 Å². The summed E-state index contributed by atoms with van der Waals surface area (Å²) in [6.07, 6.45) is 3.21. The molecule has 0 bridgehead atoms. The first-order valence-electron chi connectivity index (χ1n) is 8.33. The van der Waals surface area contributed by atoms with Crippen LogP contribution in [0, 0.1) is 19.8 Å². The lowest BCUT2D eigenvalue weighted by molar-refractivity contribution is -0.137. The third kappa shape index (κ3) is 3.58. The number of anilines is 1. The van der Waals surface area contributed by atoms with E-state index in [0.29, 0.717) is 11.4 Å². The number of hydrogen-bond acceptors (Lipinski definition) is 4. The Hall–Kier alpha value is -2.60. The molecule has 1 saturated carbocycles. The Morgan fingerprint density at radius 2 is 1.84 bits per heavy atom. The van der Waals surface area contributed by atoms with Gasteiger partial charge in [0, 0.05) is 5.69 Å². The molecule has 0 saturated heterocycles. The number of amides is 2. The SMILES string of the molecule is Cc1cccc(C)c1NC(=O)C(=O)NCC(O)(c1ccco1)C1CC1. The highest BCUT2D eigenvalue weighted by Gasteiger charge is 2.47. The molecule has 1 aliphatic carbocycles. The molecule has 1 aromatic carbocycles. The average Bonchev–Trinajstić information content (AvgIpc) is 3.30. The molecule has 6 heteroatoms. The smallest absolute Gasteiger partial charge is 0.313 e. The Balaban J connectivity index is 1.65. The molecule has 0 radical (unpaired) electrons. The Morgan fingerprint density at radius 3 is 2.40 bits per heavy atom. The van der Waals surface area contributed by atoms with Gasteiger partial charge in [-0.3, -0.25) is 9.59 Å². The first-order chi connectivity index (χ1) is 11.9. The number of rotatable bonds is 5. The molecule has 2 amide bonds. The predicted molar refractivity (Wildman–Crippen MR) is 92.9 cm³/mol. The van der Waals surface area contributed by atoms with Crippen molar-refractivity contribution in [3.8, 4) is 0 Å². The number of nitrogens with one attached hydrogen (secondary N) is 2. The van der Waals surface area contributed by atoms with Gasteiger partial charge in [-0.1, -0.05) is 18.2 Å². The van der Waals surface area contributed by atoms with E-state index in [0.717, 1.165) is 24.0 Å². The van der Waals surface area contributed by atoms with Crippen LogP contribution < -0.4 is 10.6 Å².